The molecule has 0 unspecified atom stereocenters. The maximum atomic E-state index is 12.4. The fraction of sp³-hybridized carbons (Fsp3) is 0.522. The van der Waals surface area contributed by atoms with Crippen molar-refractivity contribution in [3.63, 3.8) is 0 Å². The van der Waals surface area contributed by atoms with Crippen LogP contribution in [0.1, 0.15) is 30.6 Å². The number of esters is 1. The Bertz CT molecular complexity index is 1030. The van der Waals surface area contributed by atoms with Gasteiger partial charge in [-0.15, -0.1) is 12.4 Å². The molecule has 4 heterocycles. The largest absolute Gasteiger partial charge is 0.497 e. The number of piperidine rings is 1. The van der Waals surface area contributed by atoms with Gasteiger partial charge in [0.1, 0.15) is 0 Å². The number of carbonyl (C=O) groups is 1. The molecule has 0 radical (unpaired) electrons. The highest BCUT2D eigenvalue weighted by molar-refractivity contribution is 5.89. The van der Waals surface area contributed by atoms with Gasteiger partial charge < -0.3 is 23.9 Å². The molecule has 1 aromatic heterocycles. The molecule has 0 amide bonds. The number of halogens is 1. The molecule has 3 aliphatic heterocycles. The van der Waals surface area contributed by atoms with Gasteiger partial charge in [-0.1, -0.05) is 0 Å². The third kappa shape index (κ3) is 3.34. The first-order valence-electron chi connectivity index (χ1n) is 10.5. The van der Waals surface area contributed by atoms with Crippen LogP contribution >= 0.6 is 12.4 Å². The number of nitrogens with zero attached hydrogens (tertiary/aromatic N) is 1. The lowest BCUT2D eigenvalue weighted by atomic mass is 9.72. The van der Waals surface area contributed by atoms with Crippen LogP contribution in [0.5, 0.6) is 11.5 Å². The minimum absolute atomic E-state index is 0. The molecular weight excluding hydrogens is 420 g/mol. The third-order valence-electron chi connectivity index (χ3n) is 7.14. The first kappa shape index (κ1) is 21.8. The van der Waals surface area contributed by atoms with E-state index in [-0.39, 0.29) is 42.4 Å². The van der Waals surface area contributed by atoms with Gasteiger partial charge >= 0.3 is 5.97 Å². The van der Waals surface area contributed by atoms with Crippen molar-refractivity contribution in [1.29, 1.82) is 0 Å². The van der Waals surface area contributed by atoms with E-state index in [1.807, 2.05) is 6.07 Å². The van der Waals surface area contributed by atoms with E-state index in [1.165, 1.54) is 23.8 Å². The standard InChI is InChI=1S/C23H28N2O5.ClH/c1-12-16-10-25-6-5-13-15-8-20(27-2)21(28-3)9-18(15)24-22(13)19(25)7-14(16)17(11-30-12)23(26)29-4;/h8-9,11-12,14,16,19,24H,5-7,10H2,1-4H3;1H/t12-,14-,16-,19-;/m0./s1. The molecule has 8 heteroatoms. The van der Waals surface area contributed by atoms with Crippen LogP contribution in [-0.2, 0) is 20.7 Å². The van der Waals surface area contributed by atoms with Crippen molar-refractivity contribution in [2.45, 2.75) is 31.9 Å². The summed E-state index contributed by atoms with van der Waals surface area (Å²) in [7, 11) is 4.75. The van der Waals surface area contributed by atoms with Crippen molar-refractivity contribution in [1.82, 2.24) is 9.88 Å². The number of hydrogen-bond acceptors (Lipinski definition) is 6. The number of nitrogens with one attached hydrogen (secondary N) is 1. The van der Waals surface area contributed by atoms with Gasteiger partial charge in [0.25, 0.3) is 0 Å². The van der Waals surface area contributed by atoms with E-state index in [2.05, 4.69) is 22.9 Å². The number of fused-ring (bicyclic) bond motifs is 6. The number of aromatic nitrogens is 1. The number of hydrogen-bond donors (Lipinski definition) is 1. The molecule has 4 atom stereocenters. The lowest BCUT2D eigenvalue weighted by Crippen LogP contribution is -2.51. The van der Waals surface area contributed by atoms with Crippen molar-refractivity contribution in [3.05, 3.63) is 35.2 Å². The fourth-order valence-corrected chi connectivity index (χ4v) is 5.56. The van der Waals surface area contributed by atoms with Gasteiger partial charge in [-0.25, -0.2) is 4.79 Å². The second kappa shape index (κ2) is 8.28. The molecule has 0 bridgehead atoms. The summed E-state index contributed by atoms with van der Waals surface area (Å²) in [6.45, 7) is 4.00. The van der Waals surface area contributed by atoms with E-state index in [1.54, 1.807) is 20.5 Å². The fourth-order valence-electron chi connectivity index (χ4n) is 5.56. The normalized spacial score (nSPS) is 27.0. The first-order valence-corrected chi connectivity index (χ1v) is 10.5. The van der Waals surface area contributed by atoms with Crippen LogP contribution < -0.4 is 9.47 Å². The molecule has 1 fully saturated rings. The molecule has 2 aromatic rings. The van der Waals surface area contributed by atoms with Gasteiger partial charge in [0, 0.05) is 47.6 Å². The molecule has 0 aliphatic carbocycles. The van der Waals surface area contributed by atoms with E-state index >= 15 is 0 Å². The number of carbonyl (C=O) groups excluding carboxylic acids is 1. The number of aromatic amines is 1. The molecule has 3 aliphatic rings. The zero-order valence-electron chi connectivity index (χ0n) is 18.3. The molecule has 0 spiro atoms. The maximum Gasteiger partial charge on any atom is 0.337 e. The van der Waals surface area contributed by atoms with Gasteiger partial charge in [0.05, 0.1) is 45.3 Å². The predicted molar refractivity (Wildman–Crippen MR) is 119 cm³/mol. The second-order valence-corrected chi connectivity index (χ2v) is 8.44. The molecule has 0 saturated carbocycles. The second-order valence-electron chi connectivity index (χ2n) is 8.44. The van der Waals surface area contributed by atoms with Crippen molar-refractivity contribution < 1.29 is 23.7 Å². The number of benzene rings is 1. The SMILES string of the molecule is COC(=O)C1=CO[C@@H](C)[C@@H]2CN3CCc4c([nH]c5cc(OC)c(OC)cc45)[C@@H]3C[C@H]12.Cl. The van der Waals surface area contributed by atoms with Gasteiger partial charge in [0.2, 0.25) is 0 Å². The molecule has 1 aromatic carbocycles. The summed E-state index contributed by atoms with van der Waals surface area (Å²) in [6.07, 6.45) is 3.56. The smallest absolute Gasteiger partial charge is 0.337 e. The molecule has 1 saturated heterocycles. The van der Waals surface area contributed by atoms with Crippen LogP contribution in [0, 0.1) is 11.8 Å². The monoisotopic (exact) mass is 448 g/mol. The summed E-state index contributed by atoms with van der Waals surface area (Å²) in [5.41, 5.74) is 4.31. The zero-order chi connectivity index (χ0) is 21.0. The predicted octanol–water partition coefficient (Wildman–Crippen LogP) is 3.62. The summed E-state index contributed by atoms with van der Waals surface area (Å²) in [5.74, 6) is 1.59. The lowest BCUT2D eigenvalue weighted by molar-refractivity contribution is -0.139. The average molecular weight is 449 g/mol. The van der Waals surface area contributed by atoms with Crippen LogP contribution in [0.25, 0.3) is 10.9 Å². The summed E-state index contributed by atoms with van der Waals surface area (Å²) >= 11 is 0. The Hall–Kier alpha value is -2.38. The van der Waals surface area contributed by atoms with E-state index < -0.39 is 0 Å². The topological polar surface area (TPSA) is 73.0 Å². The van der Waals surface area contributed by atoms with E-state index in [4.69, 9.17) is 18.9 Å². The number of H-pyrrole nitrogens is 1. The molecule has 168 valence electrons. The van der Waals surface area contributed by atoms with Gasteiger partial charge in [0.15, 0.2) is 11.5 Å². The van der Waals surface area contributed by atoms with Crippen molar-refractivity contribution in [2.24, 2.45) is 11.8 Å². The molecule has 31 heavy (non-hydrogen) atoms. The summed E-state index contributed by atoms with van der Waals surface area (Å²) in [4.78, 5) is 18.6. The highest BCUT2D eigenvalue weighted by Gasteiger charge is 2.47. The Morgan fingerprint density at radius 3 is 2.65 bits per heavy atom. The molecule has 5 rings (SSSR count). The Morgan fingerprint density at radius 2 is 1.94 bits per heavy atom. The number of rotatable bonds is 3. The Labute approximate surface area is 188 Å². The quantitative estimate of drug-likeness (QED) is 0.723. The van der Waals surface area contributed by atoms with Crippen LogP contribution in [-0.4, -0.2) is 56.4 Å². The van der Waals surface area contributed by atoms with Crippen molar-refractivity contribution >= 4 is 29.3 Å². The minimum Gasteiger partial charge on any atom is -0.497 e. The van der Waals surface area contributed by atoms with Gasteiger partial charge in [-0.2, -0.15) is 0 Å². The van der Waals surface area contributed by atoms with E-state index in [0.717, 1.165) is 42.9 Å². The molecular formula is C23H29ClN2O5. The highest BCUT2D eigenvalue weighted by atomic mass is 35.5. The van der Waals surface area contributed by atoms with Gasteiger partial charge in [-0.05, 0) is 31.4 Å². The Morgan fingerprint density at radius 1 is 1.19 bits per heavy atom. The first-order chi connectivity index (χ1) is 14.5. The average Bonchev–Trinajstić information content (AvgIpc) is 3.14. The minimum atomic E-state index is -0.285. The zero-order valence-corrected chi connectivity index (χ0v) is 19.1. The molecule has 7 nitrogen and oxygen atoms in total. The van der Waals surface area contributed by atoms with Crippen LogP contribution in [0.4, 0.5) is 0 Å². The Balaban J connectivity index is 0.00000231. The van der Waals surface area contributed by atoms with Crippen LogP contribution in [0.2, 0.25) is 0 Å². The van der Waals surface area contributed by atoms with Crippen LogP contribution in [0.3, 0.4) is 0 Å². The Kier molecular flexibility index (Phi) is 5.83. The van der Waals surface area contributed by atoms with E-state index in [0.29, 0.717) is 5.57 Å². The van der Waals surface area contributed by atoms with Crippen molar-refractivity contribution in [3.8, 4) is 11.5 Å². The van der Waals surface area contributed by atoms with E-state index in [9.17, 15) is 4.79 Å². The van der Waals surface area contributed by atoms with Crippen molar-refractivity contribution in [2.75, 3.05) is 34.4 Å². The summed E-state index contributed by atoms with van der Waals surface area (Å²) in [6, 6.07) is 4.32. The lowest BCUT2D eigenvalue weighted by Gasteiger charge is -2.49. The summed E-state index contributed by atoms with van der Waals surface area (Å²) in [5, 5.41) is 1.19. The summed E-state index contributed by atoms with van der Waals surface area (Å²) < 4.78 is 21.9. The third-order valence-corrected chi connectivity index (χ3v) is 7.14. The number of ether oxygens (including phenoxy) is 4. The molecule has 1 N–H and O–H groups in total. The number of methoxy groups -OCH3 is 3. The van der Waals surface area contributed by atoms with Crippen LogP contribution in [0.15, 0.2) is 24.0 Å². The van der Waals surface area contributed by atoms with Gasteiger partial charge in [-0.3, -0.25) is 4.90 Å². The maximum absolute atomic E-state index is 12.4. The highest BCUT2D eigenvalue weighted by Crippen LogP contribution is 2.48.